The van der Waals surface area contributed by atoms with Crippen LogP contribution < -0.4 is 0 Å². The van der Waals surface area contributed by atoms with Crippen LogP contribution in [0.5, 0.6) is 0 Å². The van der Waals surface area contributed by atoms with Crippen LogP contribution in [0.2, 0.25) is 0 Å². The normalized spacial score (nSPS) is 18.9. The van der Waals surface area contributed by atoms with Gasteiger partial charge in [-0.3, -0.25) is 5.10 Å². The number of rotatable bonds is 4. The first-order valence-electron chi connectivity index (χ1n) is 7.02. The van der Waals surface area contributed by atoms with Gasteiger partial charge in [-0.15, -0.1) is 0 Å². The number of aromatic nitrogens is 2. The molecule has 1 aromatic rings. The summed E-state index contributed by atoms with van der Waals surface area (Å²) in [5, 5.41) is 15.7. The van der Waals surface area contributed by atoms with Crippen LogP contribution in [0.15, 0.2) is 4.90 Å². The third-order valence-electron chi connectivity index (χ3n) is 4.15. The number of nitrogens with zero attached hydrogens (tertiary/aromatic N) is 2. The van der Waals surface area contributed by atoms with E-state index in [1.54, 1.807) is 6.92 Å². The predicted octanol–water partition coefficient (Wildman–Crippen LogP) is 1.27. The second-order valence-corrected chi connectivity index (χ2v) is 7.64. The number of hydrogen-bond acceptors (Lipinski definition) is 4. The lowest BCUT2D eigenvalue weighted by Gasteiger charge is -2.33. The molecule has 0 bridgehead atoms. The zero-order valence-electron chi connectivity index (χ0n) is 12.3. The van der Waals surface area contributed by atoms with Crippen LogP contribution >= 0.6 is 0 Å². The molecular weight excluding hydrogens is 278 g/mol. The lowest BCUT2D eigenvalue weighted by Crippen LogP contribution is -2.39. The second-order valence-electron chi connectivity index (χ2n) is 5.77. The first kappa shape index (κ1) is 15.5. The number of nitrogens with one attached hydrogen (secondary N) is 1. The Labute approximate surface area is 120 Å². The molecule has 2 rings (SSSR count). The van der Waals surface area contributed by atoms with Crippen LogP contribution in [0, 0.1) is 18.8 Å². The van der Waals surface area contributed by atoms with E-state index in [2.05, 4.69) is 24.0 Å². The van der Waals surface area contributed by atoms with E-state index in [0.717, 1.165) is 12.8 Å². The summed E-state index contributed by atoms with van der Waals surface area (Å²) < 4.78 is 26.9. The van der Waals surface area contributed by atoms with Gasteiger partial charge >= 0.3 is 0 Å². The number of sulfonamides is 1. The minimum Gasteiger partial charge on any atom is -0.390 e. The van der Waals surface area contributed by atoms with Gasteiger partial charge in [0, 0.05) is 13.1 Å². The highest BCUT2D eigenvalue weighted by Gasteiger charge is 2.33. The largest absolute Gasteiger partial charge is 0.390 e. The molecule has 0 aliphatic carbocycles. The first-order valence-corrected chi connectivity index (χ1v) is 8.46. The lowest BCUT2D eigenvalue weighted by molar-refractivity contribution is 0.226. The summed E-state index contributed by atoms with van der Waals surface area (Å²) in [7, 11) is -3.56. The van der Waals surface area contributed by atoms with Crippen molar-refractivity contribution in [2.45, 2.75) is 45.1 Å². The molecule has 0 amide bonds. The summed E-state index contributed by atoms with van der Waals surface area (Å²) in [5.74, 6) is 1.17. The number of aliphatic hydroxyl groups is 1. The maximum atomic E-state index is 12.7. The summed E-state index contributed by atoms with van der Waals surface area (Å²) in [6, 6.07) is 0. The molecule has 1 aromatic heterocycles. The summed E-state index contributed by atoms with van der Waals surface area (Å²) in [5.41, 5.74) is 0.688. The van der Waals surface area contributed by atoms with E-state index in [1.807, 2.05) is 0 Å². The van der Waals surface area contributed by atoms with E-state index >= 15 is 0 Å². The van der Waals surface area contributed by atoms with Crippen molar-refractivity contribution in [2.75, 3.05) is 13.1 Å². The van der Waals surface area contributed by atoms with E-state index < -0.39 is 10.0 Å². The molecule has 1 aliphatic rings. The highest BCUT2D eigenvalue weighted by molar-refractivity contribution is 7.89. The molecule has 0 atom stereocenters. The van der Waals surface area contributed by atoms with Crippen LogP contribution in [-0.4, -0.2) is 41.1 Å². The molecule has 0 unspecified atom stereocenters. The molecule has 20 heavy (non-hydrogen) atoms. The average molecular weight is 301 g/mol. The Hall–Kier alpha value is -0.920. The van der Waals surface area contributed by atoms with Gasteiger partial charge in [0.2, 0.25) is 10.0 Å². The summed E-state index contributed by atoms with van der Waals surface area (Å²) in [6.45, 7) is 6.74. The van der Waals surface area contributed by atoms with E-state index in [0.29, 0.717) is 30.6 Å². The Bertz CT molecular complexity index is 557. The van der Waals surface area contributed by atoms with E-state index in [1.165, 1.54) is 4.31 Å². The monoisotopic (exact) mass is 301 g/mol. The van der Waals surface area contributed by atoms with Crippen LogP contribution in [-0.2, 0) is 16.6 Å². The summed E-state index contributed by atoms with van der Waals surface area (Å²) in [4.78, 5) is 0.142. The molecule has 2 N–H and O–H groups in total. The molecule has 1 aliphatic heterocycles. The van der Waals surface area contributed by atoms with Crippen molar-refractivity contribution in [2.24, 2.45) is 11.8 Å². The molecular formula is C13H23N3O3S. The van der Waals surface area contributed by atoms with Gasteiger partial charge in [0.1, 0.15) is 10.6 Å². The first-order chi connectivity index (χ1) is 9.37. The number of piperidine rings is 1. The zero-order valence-corrected chi connectivity index (χ0v) is 13.1. The molecule has 2 heterocycles. The van der Waals surface area contributed by atoms with Crippen molar-refractivity contribution in [1.29, 1.82) is 0 Å². The number of aromatic amines is 1. The fraction of sp³-hybridized carbons (Fsp3) is 0.769. The van der Waals surface area contributed by atoms with Crippen molar-refractivity contribution in [1.82, 2.24) is 14.5 Å². The molecule has 114 valence electrons. The molecule has 0 saturated carbocycles. The van der Waals surface area contributed by atoms with E-state index in [4.69, 9.17) is 0 Å². The molecule has 6 nitrogen and oxygen atoms in total. The van der Waals surface area contributed by atoms with Crippen LogP contribution in [0.4, 0.5) is 0 Å². The summed E-state index contributed by atoms with van der Waals surface area (Å²) in [6.07, 6.45) is 1.78. The minimum absolute atomic E-state index is 0.142. The van der Waals surface area contributed by atoms with E-state index in [-0.39, 0.29) is 17.2 Å². The highest BCUT2D eigenvalue weighted by Crippen LogP contribution is 2.29. The Balaban J connectivity index is 2.22. The summed E-state index contributed by atoms with van der Waals surface area (Å²) >= 11 is 0. The molecule has 1 fully saturated rings. The maximum absolute atomic E-state index is 12.7. The van der Waals surface area contributed by atoms with Crippen LogP contribution in [0.3, 0.4) is 0 Å². The molecule has 0 radical (unpaired) electrons. The number of hydrogen-bond donors (Lipinski definition) is 2. The van der Waals surface area contributed by atoms with E-state index in [9.17, 15) is 13.5 Å². The van der Waals surface area contributed by atoms with Gasteiger partial charge in [0.15, 0.2) is 0 Å². The molecule has 0 aromatic carbocycles. The third-order valence-corrected chi connectivity index (χ3v) is 6.25. The maximum Gasteiger partial charge on any atom is 0.246 e. The van der Waals surface area contributed by atoms with Gasteiger partial charge in [-0.25, -0.2) is 8.42 Å². The van der Waals surface area contributed by atoms with Gasteiger partial charge in [0.05, 0.1) is 12.3 Å². The van der Waals surface area contributed by atoms with Crippen molar-refractivity contribution < 1.29 is 13.5 Å². The SMILES string of the molecule is Cc1[nH]nc(CO)c1S(=O)(=O)N1CCC(C(C)C)CC1. The standard InChI is InChI=1S/C13H23N3O3S/c1-9(2)11-4-6-16(7-5-11)20(18,19)13-10(3)14-15-12(13)8-17/h9,11,17H,4-8H2,1-3H3,(H,14,15). The Morgan fingerprint density at radius 1 is 1.40 bits per heavy atom. The number of H-pyrrole nitrogens is 1. The van der Waals surface area contributed by atoms with Crippen LogP contribution in [0.1, 0.15) is 38.1 Å². The van der Waals surface area contributed by atoms with Crippen molar-refractivity contribution in [3.8, 4) is 0 Å². The highest BCUT2D eigenvalue weighted by atomic mass is 32.2. The van der Waals surface area contributed by atoms with Crippen molar-refractivity contribution in [3.05, 3.63) is 11.4 Å². The Morgan fingerprint density at radius 2 is 2.00 bits per heavy atom. The topological polar surface area (TPSA) is 86.3 Å². The number of aryl methyl sites for hydroxylation is 1. The molecule has 7 heteroatoms. The van der Waals surface area contributed by atoms with Gasteiger partial charge in [-0.05, 0) is 31.6 Å². The quantitative estimate of drug-likeness (QED) is 0.877. The predicted molar refractivity (Wildman–Crippen MR) is 75.6 cm³/mol. The zero-order chi connectivity index (χ0) is 14.9. The fourth-order valence-electron chi connectivity index (χ4n) is 2.83. The third kappa shape index (κ3) is 2.75. The smallest absolute Gasteiger partial charge is 0.246 e. The van der Waals surface area contributed by atoms with Crippen molar-refractivity contribution in [3.63, 3.8) is 0 Å². The van der Waals surface area contributed by atoms with Gasteiger partial charge in [0.25, 0.3) is 0 Å². The van der Waals surface area contributed by atoms with Gasteiger partial charge in [-0.2, -0.15) is 9.40 Å². The molecule has 0 spiro atoms. The average Bonchev–Trinajstić information content (AvgIpc) is 2.80. The lowest BCUT2D eigenvalue weighted by atomic mass is 9.87. The fourth-order valence-corrected chi connectivity index (χ4v) is 4.62. The Morgan fingerprint density at radius 3 is 2.50 bits per heavy atom. The van der Waals surface area contributed by atoms with Crippen molar-refractivity contribution >= 4 is 10.0 Å². The second kappa shape index (κ2) is 5.83. The Kier molecular flexibility index (Phi) is 4.51. The van der Waals surface area contributed by atoms with Gasteiger partial charge in [-0.1, -0.05) is 13.8 Å². The van der Waals surface area contributed by atoms with Crippen LogP contribution in [0.25, 0.3) is 0 Å². The van der Waals surface area contributed by atoms with Gasteiger partial charge < -0.3 is 5.11 Å². The molecule has 1 saturated heterocycles. The number of aliphatic hydroxyl groups excluding tert-OH is 1. The minimum atomic E-state index is -3.56.